The Morgan fingerprint density at radius 1 is 1.28 bits per heavy atom. The summed E-state index contributed by atoms with van der Waals surface area (Å²) in [5, 5.41) is 2.50. The van der Waals surface area contributed by atoms with Crippen LogP contribution in [-0.2, 0) is 6.42 Å². The maximum absolute atomic E-state index is 5.57. The first-order valence-corrected chi connectivity index (χ1v) is 6.35. The zero-order chi connectivity index (χ0) is 12.5. The summed E-state index contributed by atoms with van der Waals surface area (Å²) in [7, 11) is 0. The van der Waals surface area contributed by atoms with Crippen LogP contribution in [0.15, 0.2) is 36.7 Å². The van der Waals surface area contributed by atoms with Crippen molar-refractivity contribution in [2.45, 2.75) is 19.8 Å². The molecule has 0 aliphatic heterocycles. The van der Waals surface area contributed by atoms with Crippen LogP contribution < -0.4 is 5.73 Å². The number of hydrogen-bond acceptors (Lipinski definition) is 2. The first-order chi connectivity index (χ1) is 8.81. The Morgan fingerprint density at radius 2 is 2.17 bits per heavy atom. The third-order valence-electron chi connectivity index (χ3n) is 3.44. The van der Waals surface area contributed by atoms with Crippen LogP contribution in [0.1, 0.15) is 17.7 Å². The second-order valence-electron chi connectivity index (χ2n) is 4.69. The highest BCUT2D eigenvalue weighted by molar-refractivity contribution is 5.96. The van der Waals surface area contributed by atoms with Crippen molar-refractivity contribution in [2.24, 2.45) is 5.73 Å². The van der Waals surface area contributed by atoms with Crippen LogP contribution in [0.3, 0.4) is 0 Å². The predicted octanol–water partition coefficient (Wildman–Crippen LogP) is 2.69. The summed E-state index contributed by atoms with van der Waals surface area (Å²) >= 11 is 0. The fourth-order valence-corrected chi connectivity index (χ4v) is 2.51. The van der Waals surface area contributed by atoms with Crippen molar-refractivity contribution in [3.63, 3.8) is 0 Å². The molecule has 2 N–H and O–H groups in total. The SMILES string of the molecule is Cc1cccc2ccn3c(CCCN)cnc3c12. The number of nitrogens with zero attached hydrogens (tertiary/aromatic N) is 2. The highest BCUT2D eigenvalue weighted by Gasteiger charge is 2.07. The standard InChI is InChI=1S/C15H17N3/c1-11-4-2-5-12-7-9-18-13(6-3-8-16)10-17-15(18)14(11)12/h2,4-5,7,9-10H,3,6,8,16H2,1H3. The molecule has 1 aromatic carbocycles. The Labute approximate surface area is 106 Å². The summed E-state index contributed by atoms with van der Waals surface area (Å²) in [4.78, 5) is 4.58. The number of aryl methyl sites for hydroxylation is 2. The van der Waals surface area contributed by atoms with Crippen LogP contribution in [0.2, 0.25) is 0 Å². The number of hydrogen-bond donors (Lipinski definition) is 1. The smallest absolute Gasteiger partial charge is 0.145 e. The van der Waals surface area contributed by atoms with Crippen LogP contribution in [0.4, 0.5) is 0 Å². The molecule has 3 aromatic rings. The lowest BCUT2D eigenvalue weighted by Gasteiger charge is -2.06. The molecule has 0 saturated heterocycles. The molecule has 0 saturated carbocycles. The molecule has 0 aliphatic rings. The van der Waals surface area contributed by atoms with E-state index in [1.807, 2.05) is 6.20 Å². The predicted molar refractivity (Wildman–Crippen MR) is 74.8 cm³/mol. The molecule has 92 valence electrons. The van der Waals surface area contributed by atoms with Gasteiger partial charge in [-0.2, -0.15) is 0 Å². The van der Waals surface area contributed by atoms with E-state index >= 15 is 0 Å². The van der Waals surface area contributed by atoms with E-state index in [0.717, 1.165) is 25.0 Å². The number of rotatable bonds is 3. The molecule has 0 bridgehead atoms. The minimum Gasteiger partial charge on any atom is -0.330 e. The lowest BCUT2D eigenvalue weighted by molar-refractivity contribution is 0.803. The molecule has 0 fully saturated rings. The molecule has 0 radical (unpaired) electrons. The van der Waals surface area contributed by atoms with Gasteiger partial charge in [-0.25, -0.2) is 4.98 Å². The van der Waals surface area contributed by atoms with Crippen LogP contribution in [0.25, 0.3) is 16.4 Å². The van der Waals surface area contributed by atoms with Crippen molar-refractivity contribution in [1.29, 1.82) is 0 Å². The maximum atomic E-state index is 5.57. The Balaban J connectivity index is 2.26. The van der Waals surface area contributed by atoms with Crippen LogP contribution in [0, 0.1) is 6.92 Å². The van der Waals surface area contributed by atoms with E-state index in [9.17, 15) is 0 Å². The van der Waals surface area contributed by atoms with Crippen molar-refractivity contribution < 1.29 is 0 Å². The monoisotopic (exact) mass is 239 g/mol. The molecule has 2 aromatic heterocycles. The van der Waals surface area contributed by atoms with E-state index < -0.39 is 0 Å². The molecule has 2 heterocycles. The van der Waals surface area contributed by atoms with Crippen molar-refractivity contribution >= 4 is 16.4 Å². The molecular formula is C15H17N3. The number of fused-ring (bicyclic) bond motifs is 3. The van der Waals surface area contributed by atoms with Crippen molar-refractivity contribution in [2.75, 3.05) is 6.54 Å². The Morgan fingerprint density at radius 3 is 3.00 bits per heavy atom. The van der Waals surface area contributed by atoms with Crippen LogP contribution in [0.5, 0.6) is 0 Å². The molecule has 18 heavy (non-hydrogen) atoms. The molecule has 0 unspecified atom stereocenters. The first kappa shape index (κ1) is 11.2. The van der Waals surface area contributed by atoms with Gasteiger partial charge < -0.3 is 10.1 Å². The fraction of sp³-hybridized carbons (Fsp3) is 0.267. The van der Waals surface area contributed by atoms with E-state index in [4.69, 9.17) is 5.73 Å². The number of nitrogens with two attached hydrogens (primary N) is 1. The second kappa shape index (κ2) is 4.42. The fourth-order valence-electron chi connectivity index (χ4n) is 2.51. The van der Waals surface area contributed by atoms with Crippen molar-refractivity contribution in [3.8, 4) is 0 Å². The van der Waals surface area contributed by atoms with E-state index in [1.54, 1.807) is 0 Å². The van der Waals surface area contributed by atoms with E-state index in [0.29, 0.717) is 0 Å². The van der Waals surface area contributed by atoms with E-state index in [-0.39, 0.29) is 0 Å². The van der Waals surface area contributed by atoms with Gasteiger partial charge in [0.05, 0.1) is 0 Å². The zero-order valence-electron chi connectivity index (χ0n) is 10.6. The summed E-state index contributed by atoms with van der Waals surface area (Å²) < 4.78 is 2.19. The second-order valence-corrected chi connectivity index (χ2v) is 4.69. The lowest BCUT2D eigenvalue weighted by atomic mass is 10.1. The summed E-state index contributed by atoms with van der Waals surface area (Å²) in [5.74, 6) is 0. The maximum Gasteiger partial charge on any atom is 0.145 e. The van der Waals surface area contributed by atoms with Gasteiger partial charge in [-0.15, -0.1) is 0 Å². The molecule has 3 rings (SSSR count). The van der Waals surface area contributed by atoms with Gasteiger partial charge in [-0.3, -0.25) is 0 Å². The molecule has 0 aliphatic carbocycles. The average Bonchev–Trinajstić information content (AvgIpc) is 2.79. The topological polar surface area (TPSA) is 43.3 Å². The Hall–Kier alpha value is -1.87. The largest absolute Gasteiger partial charge is 0.330 e. The van der Waals surface area contributed by atoms with Gasteiger partial charge in [0.1, 0.15) is 5.65 Å². The Kier molecular flexibility index (Phi) is 2.76. The van der Waals surface area contributed by atoms with E-state index in [2.05, 4.69) is 46.8 Å². The first-order valence-electron chi connectivity index (χ1n) is 6.35. The van der Waals surface area contributed by atoms with Gasteiger partial charge in [-0.05, 0) is 43.3 Å². The lowest BCUT2D eigenvalue weighted by Crippen LogP contribution is -2.02. The van der Waals surface area contributed by atoms with Gasteiger partial charge in [0, 0.05) is 23.5 Å². The molecule has 0 spiro atoms. The number of pyridine rings is 1. The number of aromatic nitrogens is 2. The summed E-state index contributed by atoms with van der Waals surface area (Å²) in [6.45, 7) is 2.86. The Bertz CT molecular complexity index is 697. The molecule has 3 nitrogen and oxygen atoms in total. The summed E-state index contributed by atoms with van der Waals surface area (Å²) in [6, 6.07) is 8.52. The molecule has 0 atom stereocenters. The summed E-state index contributed by atoms with van der Waals surface area (Å²) in [5.41, 5.74) is 9.14. The minimum absolute atomic E-state index is 0.722. The molecular weight excluding hydrogens is 222 g/mol. The normalized spacial score (nSPS) is 11.4. The summed E-state index contributed by atoms with van der Waals surface area (Å²) in [6.07, 6.45) is 6.06. The van der Waals surface area contributed by atoms with Gasteiger partial charge in [-0.1, -0.05) is 18.2 Å². The van der Waals surface area contributed by atoms with Crippen LogP contribution in [-0.4, -0.2) is 15.9 Å². The third-order valence-corrected chi connectivity index (χ3v) is 3.44. The number of imidazole rings is 1. The van der Waals surface area contributed by atoms with Gasteiger partial charge in [0.15, 0.2) is 0 Å². The van der Waals surface area contributed by atoms with Gasteiger partial charge >= 0.3 is 0 Å². The quantitative estimate of drug-likeness (QED) is 0.763. The highest BCUT2D eigenvalue weighted by atomic mass is 15.0. The number of benzene rings is 1. The van der Waals surface area contributed by atoms with Gasteiger partial charge in [0.25, 0.3) is 0 Å². The van der Waals surface area contributed by atoms with Crippen molar-refractivity contribution in [3.05, 3.63) is 47.9 Å². The van der Waals surface area contributed by atoms with Crippen molar-refractivity contribution in [1.82, 2.24) is 9.38 Å². The van der Waals surface area contributed by atoms with Gasteiger partial charge in [0.2, 0.25) is 0 Å². The molecule has 0 amide bonds. The highest BCUT2D eigenvalue weighted by Crippen LogP contribution is 2.23. The molecule has 3 heteroatoms. The minimum atomic E-state index is 0.722. The average molecular weight is 239 g/mol. The zero-order valence-corrected chi connectivity index (χ0v) is 10.6. The van der Waals surface area contributed by atoms with E-state index in [1.165, 1.54) is 22.0 Å². The third kappa shape index (κ3) is 1.68. The van der Waals surface area contributed by atoms with Crippen LogP contribution >= 0.6 is 0 Å².